The molecule has 0 bridgehead atoms. The molecule has 7 nitrogen and oxygen atoms in total. The van der Waals surface area contributed by atoms with Crippen LogP contribution in [0.25, 0.3) is 65.7 Å². The van der Waals surface area contributed by atoms with Crippen LogP contribution in [0.5, 0.6) is 0 Å². The zero-order valence-electron chi connectivity index (χ0n) is 26.6. The topological polar surface area (TPSA) is 80.6 Å². The lowest BCUT2D eigenvalue weighted by atomic mass is 10.1. The molecule has 0 aliphatic heterocycles. The summed E-state index contributed by atoms with van der Waals surface area (Å²) in [5, 5.41) is 2.32. The van der Waals surface area contributed by atoms with E-state index in [2.05, 4.69) is 42.5 Å². The van der Waals surface area contributed by atoms with Crippen molar-refractivity contribution in [3.05, 3.63) is 164 Å². The van der Waals surface area contributed by atoms with Crippen LogP contribution in [0.1, 0.15) is 0 Å². The van der Waals surface area contributed by atoms with Crippen LogP contribution in [0, 0.1) is 0 Å². The van der Waals surface area contributed by atoms with E-state index in [1.165, 1.54) is 14.8 Å². The highest BCUT2D eigenvalue weighted by Gasteiger charge is 2.24. The van der Waals surface area contributed by atoms with E-state index in [1.54, 1.807) is 11.3 Å². The highest BCUT2D eigenvalue weighted by molar-refractivity contribution is 7.25. The molecule has 50 heavy (non-hydrogen) atoms. The minimum atomic E-state index is 0.390. The molecule has 0 atom stereocenters. The summed E-state index contributed by atoms with van der Waals surface area (Å²) in [7, 11) is 0. The van der Waals surface area contributed by atoms with Crippen molar-refractivity contribution < 1.29 is 0 Å². The average Bonchev–Trinajstić information content (AvgIpc) is 3.57. The van der Waals surface area contributed by atoms with Crippen LogP contribution in [0.2, 0.25) is 0 Å². The van der Waals surface area contributed by atoms with Gasteiger partial charge in [0.15, 0.2) is 23.3 Å². The standard InChI is InChI=1S/C42H27N7S/c1-5-15-28(16-6-1)37-43-38(29-17-7-2-8-18-29)46-41(45-37)49(32-25-26-36-34(27-32)33-23-13-14-24-35(33)50-36)42-47-39(30-19-9-3-10-20-30)44-40(48-42)31-21-11-4-12-22-31/h1-27H. The predicted octanol–water partition coefficient (Wildman–Crippen LogP) is 10.6. The quantitative estimate of drug-likeness (QED) is 0.168. The summed E-state index contributed by atoms with van der Waals surface area (Å²) in [5.41, 5.74) is 4.31. The third-order valence-electron chi connectivity index (χ3n) is 8.39. The summed E-state index contributed by atoms with van der Waals surface area (Å²) < 4.78 is 2.41. The van der Waals surface area contributed by atoms with E-state index in [1.807, 2.05) is 126 Å². The van der Waals surface area contributed by atoms with Crippen molar-refractivity contribution in [2.75, 3.05) is 4.90 Å². The number of hydrogen-bond donors (Lipinski definition) is 0. The van der Waals surface area contributed by atoms with Gasteiger partial charge in [0.25, 0.3) is 0 Å². The van der Waals surface area contributed by atoms with E-state index < -0.39 is 0 Å². The molecule has 0 N–H and O–H groups in total. The fraction of sp³-hybridized carbons (Fsp3) is 0. The van der Waals surface area contributed by atoms with Crippen molar-refractivity contribution in [2.24, 2.45) is 0 Å². The van der Waals surface area contributed by atoms with E-state index >= 15 is 0 Å². The van der Waals surface area contributed by atoms with Gasteiger partial charge in [0.2, 0.25) is 11.9 Å². The van der Waals surface area contributed by atoms with Crippen molar-refractivity contribution in [1.29, 1.82) is 0 Å². The summed E-state index contributed by atoms with van der Waals surface area (Å²) >= 11 is 1.77. The van der Waals surface area contributed by atoms with Gasteiger partial charge in [0.05, 0.1) is 5.69 Å². The molecule has 0 aliphatic carbocycles. The Morgan fingerprint density at radius 1 is 0.340 bits per heavy atom. The first-order chi connectivity index (χ1) is 24.8. The van der Waals surface area contributed by atoms with Crippen LogP contribution in [0.15, 0.2) is 164 Å². The lowest BCUT2D eigenvalue weighted by Gasteiger charge is -2.23. The minimum absolute atomic E-state index is 0.390. The molecule has 3 aromatic heterocycles. The highest BCUT2D eigenvalue weighted by atomic mass is 32.1. The Hall–Kier alpha value is -6.64. The molecule has 8 heteroatoms. The summed E-state index contributed by atoms with van der Waals surface area (Å²) in [6.07, 6.45) is 0. The summed E-state index contributed by atoms with van der Waals surface area (Å²) in [6, 6.07) is 54.7. The maximum atomic E-state index is 5.12. The van der Waals surface area contributed by atoms with Gasteiger partial charge in [-0.3, -0.25) is 0 Å². The molecule has 0 spiro atoms. The smallest absolute Gasteiger partial charge is 0.241 e. The second-order valence-corrected chi connectivity index (χ2v) is 12.7. The molecule has 6 aromatic carbocycles. The maximum absolute atomic E-state index is 5.12. The van der Waals surface area contributed by atoms with E-state index in [0.717, 1.165) is 33.3 Å². The first kappa shape index (κ1) is 29.5. The summed E-state index contributed by atoms with van der Waals surface area (Å²) in [4.78, 5) is 32.3. The van der Waals surface area contributed by atoms with Gasteiger partial charge in [0.1, 0.15) is 0 Å². The van der Waals surface area contributed by atoms with Crippen LogP contribution in [0.4, 0.5) is 17.6 Å². The summed E-state index contributed by atoms with van der Waals surface area (Å²) in [6.45, 7) is 0. The van der Waals surface area contributed by atoms with Gasteiger partial charge in [-0.05, 0) is 24.3 Å². The Bertz CT molecular complexity index is 2350. The number of hydrogen-bond acceptors (Lipinski definition) is 8. The number of nitrogens with zero attached hydrogens (tertiary/aromatic N) is 7. The Balaban J connectivity index is 1.34. The molecule has 0 unspecified atom stereocenters. The number of aromatic nitrogens is 6. The van der Waals surface area contributed by atoms with Gasteiger partial charge in [0, 0.05) is 42.4 Å². The van der Waals surface area contributed by atoms with Gasteiger partial charge in [-0.15, -0.1) is 11.3 Å². The van der Waals surface area contributed by atoms with Gasteiger partial charge >= 0.3 is 0 Å². The lowest BCUT2D eigenvalue weighted by Crippen LogP contribution is -2.19. The maximum Gasteiger partial charge on any atom is 0.241 e. The zero-order chi connectivity index (χ0) is 33.3. The number of fused-ring (bicyclic) bond motifs is 3. The van der Waals surface area contributed by atoms with Gasteiger partial charge in [-0.2, -0.15) is 19.9 Å². The summed E-state index contributed by atoms with van der Waals surface area (Å²) in [5.74, 6) is 2.95. The SMILES string of the molecule is c1ccc(-c2nc(-c3ccccc3)nc(N(c3ccc4sc5ccccc5c4c3)c3nc(-c4ccccc4)nc(-c4ccccc4)n3)n2)cc1. The molecular weight excluding hydrogens is 635 g/mol. The number of thiophene rings is 1. The zero-order valence-corrected chi connectivity index (χ0v) is 27.4. The first-order valence-electron chi connectivity index (χ1n) is 16.2. The number of benzene rings is 6. The van der Waals surface area contributed by atoms with Crippen molar-refractivity contribution in [2.45, 2.75) is 0 Å². The Morgan fingerprint density at radius 3 is 1.16 bits per heavy atom. The van der Waals surface area contributed by atoms with Crippen LogP contribution in [-0.4, -0.2) is 29.9 Å². The Morgan fingerprint density at radius 2 is 0.720 bits per heavy atom. The van der Waals surface area contributed by atoms with E-state index in [9.17, 15) is 0 Å². The van der Waals surface area contributed by atoms with Crippen LogP contribution >= 0.6 is 11.3 Å². The largest absolute Gasteiger partial charge is 0.246 e. The van der Waals surface area contributed by atoms with Crippen LogP contribution in [-0.2, 0) is 0 Å². The van der Waals surface area contributed by atoms with Gasteiger partial charge in [-0.25, -0.2) is 14.9 Å². The van der Waals surface area contributed by atoms with E-state index in [-0.39, 0.29) is 0 Å². The molecule has 3 heterocycles. The third-order valence-corrected chi connectivity index (χ3v) is 9.55. The average molecular weight is 662 g/mol. The molecule has 0 amide bonds. The van der Waals surface area contributed by atoms with Gasteiger partial charge < -0.3 is 0 Å². The molecule has 0 radical (unpaired) electrons. The second-order valence-electron chi connectivity index (χ2n) is 11.6. The molecule has 236 valence electrons. The van der Waals surface area contributed by atoms with Gasteiger partial charge in [-0.1, -0.05) is 140 Å². The third kappa shape index (κ3) is 5.63. The van der Waals surface area contributed by atoms with Crippen molar-refractivity contribution in [1.82, 2.24) is 29.9 Å². The lowest BCUT2D eigenvalue weighted by molar-refractivity contribution is 0.965. The normalized spacial score (nSPS) is 11.2. The Kier molecular flexibility index (Phi) is 7.53. The number of rotatable bonds is 7. The number of anilines is 3. The van der Waals surface area contributed by atoms with Crippen LogP contribution < -0.4 is 4.90 Å². The van der Waals surface area contributed by atoms with E-state index in [4.69, 9.17) is 29.9 Å². The molecule has 0 saturated carbocycles. The Labute approximate surface area is 292 Å². The molecule has 0 saturated heterocycles. The molecule has 0 aliphatic rings. The molecule has 9 aromatic rings. The van der Waals surface area contributed by atoms with Crippen molar-refractivity contribution >= 4 is 49.1 Å². The highest BCUT2D eigenvalue weighted by Crippen LogP contribution is 2.40. The fourth-order valence-electron chi connectivity index (χ4n) is 5.97. The fourth-order valence-corrected chi connectivity index (χ4v) is 7.05. The molecule has 9 rings (SSSR count). The van der Waals surface area contributed by atoms with Crippen molar-refractivity contribution in [3.8, 4) is 45.6 Å². The van der Waals surface area contributed by atoms with Crippen LogP contribution in [0.3, 0.4) is 0 Å². The molecule has 0 fully saturated rings. The van der Waals surface area contributed by atoms with Crippen molar-refractivity contribution in [3.63, 3.8) is 0 Å². The molecular formula is C42H27N7S. The predicted molar refractivity (Wildman–Crippen MR) is 203 cm³/mol. The second kappa shape index (κ2) is 12.8. The monoisotopic (exact) mass is 661 g/mol. The van der Waals surface area contributed by atoms with E-state index in [0.29, 0.717) is 35.2 Å². The minimum Gasteiger partial charge on any atom is -0.246 e. The first-order valence-corrected chi connectivity index (χ1v) is 17.0.